The monoisotopic (exact) mass is 233 g/mol. The predicted molar refractivity (Wildman–Crippen MR) is 68.0 cm³/mol. The Morgan fingerprint density at radius 1 is 1.35 bits per heavy atom. The molecule has 0 saturated carbocycles. The highest BCUT2D eigenvalue weighted by Gasteiger charge is 2.23. The molecule has 1 aliphatic rings. The number of benzene rings is 1. The van der Waals surface area contributed by atoms with Crippen molar-refractivity contribution in [2.24, 2.45) is 11.7 Å². The second-order valence-corrected chi connectivity index (χ2v) is 4.72. The largest absolute Gasteiger partial charge is 0.399 e. The van der Waals surface area contributed by atoms with Gasteiger partial charge < -0.3 is 11.5 Å². The van der Waals surface area contributed by atoms with Crippen LogP contribution in [-0.2, 0) is 11.3 Å². The smallest absolute Gasteiger partial charge is 0.221 e. The standard InChI is InChI=1S/C13H19N3O/c14-12-5-3-10(4-6-12)8-16-7-1-2-11(9-16)13(15)17/h3-6,11H,1-2,7-9,14H2,(H2,15,17). The Bertz CT molecular complexity index is 388. The van der Waals surface area contributed by atoms with Crippen molar-refractivity contribution >= 4 is 11.6 Å². The summed E-state index contributed by atoms with van der Waals surface area (Å²) >= 11 is 0. The summed E-state index contributed by atoms with van der Waals surface area (Å²) in [5.41, 5.74) is 13.0. The summed E-state index contributed by atoms with van der Waals surface area (Å²) in [6.45, 7) is 2.68. The molecule has 1 unspecified atom stereocenters. The van der Waals surface area contributed by atoms with E-state index in [0.717, 1.165) is 38.2 Å². The average molecular weight is 233 g/mol. The maximum Gasteiger partial charge on any atom is 0.221 e. The Morgan fingerprint density at radius 2 is 2.06 bits per heavy atom. The molecule has 0 spiro atoms. The summed E-state index contributed by atoms with van der Waals surface area (Å²) in [5.74, 6) is -0.162. The lowest BCUT2D eigenvalue weighted by Gasteiger charge is -2.31. The van der Waals surface area contributed by atoms with Gasteiger partial charge in [-0.05, 0) is 37.1 Å². The molecule has 1 fully saturated rings. The summed E-state index contributed by atoms with van der Waals surface area (Å²) in [5, 5.41) is 0. The molecule has 1 atom stereocenters. The van der Waals surface area contributed by atoms with Gasteiger partial charge in [-0.2, -0.15) is 0 Å². The van der Waals surface area contributed by atoms with E-state index in [1.54, 1.807) is 0 Å². The third-order valence-corrected chi connectivity index (χ3v) is 3.29. The number of hydrogen-bond donors (Lipinski definition) is 2. The molecule has 1 saturated heterocycles. The molecule has 4 heteroatoms. The van der Waals surface area contributed by atoms with E-state index < -0.39 is 0 Å². The molecule has 0 bridgehead atoms. The van der Waals surface area contributed by atoms with Crippen molar-refractivity contribution in [3.63, 3.8) is 0 Å². The minimum absolute atomic E-state index is 0.0116. The first-order valence-corrected chi connectivity index (χ1v) is 6.01. The van der Waals surface area contributed by atoms with Crippen LogP contribution in [0.4, 0.5) is 5.69 Å². The zero-order valence-electron chi connectivity index (χ0n) is 9.93. The summed E-state index contributed by atoms with van der Waals surface area (Å²) in [6, 6.07) is 7.88. The van der Waals surface area contributed by atoms with Gasteiger partial charge in [0, 0.05) is 18.8 Å². The van der Waals surface area contributed by atoms with Crippen LogP contribution in [-0.4, -0.2) is 23.9 Å². The Hall–Kier alpha value is -1.55. The fourth-order valence-electron chi connectivity index (χ4n) is 2.31. The summed E-state index contributed by atoms with van der Waals surface area (Å²) in [4.78, 5) is 13.5. The zero-order valence-corrected chi connectivity index (χ0v) is 9.93. The van der Waals surface area contributed by atoms with E-state index in [4.69, 9.17) is 11.5 Å². The lowest BCUT2D eigenvalue weighted by molar-refractivity contribution is -0.123. The number of nitrogen functional groups attached to an aromatic ring is 1. The lowest BCUT2D eigenvalue weighted by Crippen LogP contribution is -2.40. The molecule has 1 aliphatic heterocycles. The Labute approximate surface area is 102 Å². The van der Waals surface area contributed by atoms with E-state index in [1.807, 2.05) is 24.3 Å². The summed E-state index contributed by atoms with van der Waals surface area (Å²) in [6.07, 6.45) is 1.97. The van der Waals surface area contributed by atoms with Gasteiger partial charge in [0.15, 0.2) is 0 Å². The van der Waals surface area contributed by atoms with Gasteiger partial charge in [0.05, 0.1) is 5.92 Å². The van der Waals surface area contributed by atoms with Gasteiger partial charge in [0.25, 0.3) is 0 Å². The first-order valence-electron chi connectivity index (χ1n) is 6.01. The molecule has 1 aromatic rings. The zero-order chi connectivity index (χ0) is 12.3. The number of nitrogens with two attached hydrogens (primary N) is 2. The van der Waals surface area contributed by atoms with Crippen molar-refractivity contribution in [1.82, 2.24) is 4.90 Å². The van der Waals surface area contributed by atoms with Gasteiger partial charge in [0.1, 0.15) is 0 Å². The molecule has 0 aromatic heterocycles. The van der Waals surface area contributed by atoms with Crippen molar-refractivity contribution in [3.8, 4) is 0 Å². The number of amides is 1. The minimum atomic E-state index is -0.174. The summed E-state index contributed by atoms with van der Waals surface area (Å²) < 4.78 is 0. The van der Waals surface area contributed by atoms with Gasteiger partial charge in [-0.15, -0.1) is 0 Å². The molecule has 1 amide bonds. The maximum atomic E-state index is 11.2. The van der Waals surface area contributed by atoms with Crippen molar-refractivity contribution in [2.45, 2.75) is 19.4 Å². The topological polar surface area (TPSA) is 72.4 Å². The lowest BCUT2D eigenvalue weighted by atomic mass is 9.97. The number of nitrogens with zero attached hydrogens (tertiary/aromatic N) is 1. The van der Waals surface area contributed by atoms with Crippen molar-refractivity contribution in [2.75, 3.05) is 18.8 Å². The normalized spacial score (nSPS) is 21.3. The van der Waals surface area contributed by atoms with E-state index in [1.165, 1.54) is 5.56 Å². The molecule has 1 aromatic carbocycles. The molecule has 2 rings (SSSR count). The highest BCUT2D eigenvalue weighted by Crippen LogP contribution is 2.18. The number of anilines is 1. The molecular weight excluding hydrogens is 214 g/mol. The van der Waals surface area contributed by atoms with Crippen molar-refractivity contribution in [3.05, 3.63) is 29.8 Å². The number of primary amides is 1. The molecule has 1 heterocycles. The molecule has 4 N–H and O–H groups in total. The molecule has 4 nitrogen and oxygen atoms in total. The number of carbonyl (C=O) groups excluding carboxylic acids is 1. The van der Waals surface area contributed by atoms with E-state index in [-0.39, 0.29) is 11.8 Å². The minimum Gasteiger partial charge on any atom is -0.399 e. The van der Waals surface area contributed by atoms with Gasteiger partial charge >= 0.3 is 0 Å². The molecule has 0 radical (unpaired) electrons. The van der Waals surface area contributed by atoms with Crippen LogP contribution in [0.25, 0.3) is 0 Å². The van der Waals surface area contributed by atoms with E-state index in [0.29, 0.717) is 0 Å². The molecule has 92 valence electrons. The molecule has 17 heavy (non-hydrogen) atoms. The van der Waals surface area contributed by atoms with Crippen LogP contribution >= 0.6 is 0 Å². The van der Waals surface area contributed by atoms with E-state index >= 15 is 0 Å². The Kier molecular flexibility index (Phi) is 3.64. The third-order valence-electron chi connectivity index (χ3n) is 3.29. The first kappa shape index (κ1) is 11.9. The number of piperidine rings is 1. The Morgan fingerprint density at radius 3 is 2.71 bits per heavy atom. The highest BCUT2D eigenvalue weighted by molar-refractivity contribution is 5.76. The van der Waals surface area contributed by atoms with Gasteiger partial charge in [-0.3, -0.25) is 9.69 Å². The van der Waals surface area contributed by atoms with Crippen molar-refractivity contribution in [1.29, 1.82) is 0 Å². The summed E-state index contributed by atoms with van der Waals surface area (Å²) in [7, 11) is 0. The first-order chi connectivity index (χ1) is 8.15. The van der Waals surface area contributed by atoms with Gasteiger partial charge in [-0.1, -0.05) is 12.1 Å². The average Bonchev–Trinajstić information content (AvgIpc) is 2.32. The van der Waals surface area contributed by atoms with Crippen molar-refractivity contribution < 1.29 is 4.79 Å². The number of likely N-dealkylation sites (tertiary alicyclic amines) is 1. The SMILES string of the molecule is NC(=O)C1CCCN(Cc2ccc(N)cc2)C1. The highest BCUT2D eigenvalue weighted by atomic mass is 16.1. The van der Waals surface area contributed by atoms with Crippen LogP contribution in [0.3, 0.4) is 0 Å². The number of carbonyl (C=O) groups is 1. The predicted octanol–water partition coefficient (Wildman–Crippen LogP) is 0.966. The third kappa shape index (κ3) is 3.20. The fourth-order valence-corrected chi connectivity index (χ4v) is 2.31. The van der Waals surface area contributed by atoms with E-state index in [2.05, 4.69) is 4.90 Å². The fraction of sp³-hybridized carbons (Fsp3) is 0.462. The van der Waals surface area contributed by atoms with Crippen LogP contribution in [0.5, 0.6) is 0 Å². The van der Waals surface area contributed by atoms with Gasteiger partial charge in [0.2, 0.25) is 5.91 Å². The van der Waals surface area contributed by atoms with Crippen LogP contribution in [0.15, 0.2) is 24.3 Å². The van der Waals surface area contributed by atoms with Crippen LogP contribution in [0, 0.1) is 5.92 Å². The van der Waals surface area contributed by atoms with Gasteiger partial charge in [-0.25, -0.2) is 0 Å². The molecule has 0 aliphatic carbocycles. The van der Waals surface area contributed by atoms with E-state index in [9.17, 15) is 4.79 Å². The molecular formula is C13H19N3O. The second-order valence-electron chi connectivity index (χ2n) is 4.72. The van der Waals surface area contributed by atoms with Crippen LogP contribution in [0.2, 0.25) is 0 Å². The number of rotatable bonds is 3. The van der Waals surface area contributed by atoms with Crippen LogP contribution in [0.1, 0.15) is 18.4 Å². The number of hydrogen-bond acceptors (Lipinski definition) is 3. The maximum absolute atomic E-state index is 11.2. The quantitative estimate of drug-likeness (QED) is 0.764. The van der Waals surface area contributed by atoms with Crippen LogP contribution < -0.4 is 11.5 Å². The second kappa shape index (κ2) is 5.19. The Balaban J connectivity index is 1.94.